The van der Waals surface area contributed by atoms with Crippen LogP contribution in [0, 0.1) is 6.92 Å². The van der Waals surface area contributed by atoms with Gasteiger partial charge >= 0.3 is 0 Å². The highest BCUT2D eigenvalue weighted by Crippen LogP contribution is 2.24. The van der Waals surface area contributed by atoms with Crippen molar-refractivity contribution in [3.8, 4) is 17.4 Å². The predicted molar refractivity (Wildman–Crippen MR) is 105 cm³/mol. The third kappa shape index (κ3) is 4.53. The molecule has 0 aliphatic heterocycles. The summed E-state index contributed by atoms with van der Waals surface area (Å²) in [6, 6.07) is 10.9. The maximum atomic E-state index is 12.4. The molecule has 2 N–H and O–H groups in total. The van der Waals surface area contributed by atoms with E-state index in [2.05, 4.69) is 20.0 Å². The van der Waals surface area contributed by atoms with Gasteiger partial charge in [-0.15, -0.1) is 0 Å². The highest BCUT2D eigenvalue weighted by atomic mass is 32.1. The van der Waals surface area contributed by atoms with Crippen molar-refractivity contribution >= 4 is 22.4 Å². The van der Waals surface area contributed by atoms with Crippen LogP contribution < -0.4 is 20.1 Å². The first kappa shape index (κ1) is 18.7. The van der Waals surface area contributed by atoms with Crippen LogP contribution in [-0.2, 0) is 6.54 Å². The van der Waals surface area contributed by atoms with Gasteiger partial charge in [0.15, 0.2) is 0 Å². The molecule has 27 heavy (non-hydrogen) atoms. The Bertz CT molecular complexity index is 908. The minimum atomic E-state index is -0.163. The molecule has 3 rings (SSSR count). The Morgan fingerprint density at radius 3 is 2.52 bits per heavy atom. The molecule has 0 bridgehead atoms. The zero-order valence-corrected chi connectivity index (χ0v) is 16.1. The number of hydrogen-bond donors (Lipinski definition) is 2. The van der Waals surface area contributed by atoms with E-state index in [1.165, 1.54) is 11.5 Å². The van der Waals surface area contributed by atoms with E-state index < -0.39 is 0 Å². The Balaban J connectivity index is 1.58. The van der Waals surface area contributed by atoms with Gasteiger partial charge in [-0.1, -0.05) is 6.07 Å². The van der Waals surface area contributed by atoms with Gasteiger partial charge in [0.2, 0.25) is 5.88 Å². The molecule has 0 radical (unpaired) electrons. The van der Waals surface area contributed by atoms with Crippen LogP contribution in [0.5, 0.6) is 17.4 Å². The van der Waals surface area contributed by atoms with Crippen LogP contribution in [0.15, 0.2) is 42.6 Å². The lowest BCUT2D eigenvalue weighted by atomic mass is 10.2. The summed E-state index contributed by atoms with van der Waals surface area (Å²) in [7, 11) is 3.39. The van der Waals surface area contributed by atoms with E-state index in [-0.39, 0.29) is 5.91 Å². The Kier molecular flexibility index (Phi) is 5.87. The molecule has 1 aromatic carbocycles. The standard InChI is InChI=1S/C19H20N4O3S/c1-12-17(19(20-2)27-23-12)18(24)22-11-13-4-9-16(21-10-13)26-15-7-5-14(25-3)6-8-15/h4-10,20H,11H2,1-3H3,(H,22,24). The number of amides is 1. The first-order valence-electron chi connectivity index (χ1n) is 8.29. The van der Waals surface area contributed by atoms with Crippen LogP contribution in [0.25, 0.3) is 0 Å². The van der Waals surface area contributed by atoms with E-state index in [1.54, 1.807) is 26.4 Å². The smallest absolute Gasteiger partial charge is 0.256 e. The molecule has 0 aliphatic rings. The number of rotatable bonds is 7. The largest absolute Gasteiger partial charge is 0.497 e. The second kappa shape index (κ2) is 8.50. The van der Waals surface area contributed by atoms with Crippen molar-refractivity contribution in [3.05, 3.63) is 59.4 Å². The minimum absolute atomic E-state index is 0.163. The Labute approximate surface area is 161 Å². The van der Waals surface area contributed by atoms with Crippen molar-refractivity contribution in [3.63, 3.8) is 0 Å². The zero-order valence-electron chi connectivity index (χ0n) is 15.3. The Morgan fingerprint density at radius 2 is 1.89 bits per heavy atom. The second-order valence-corrected chi connectivity index (χ2v) is 6.46. The maximum Gasteiger partial charge on any atom is 0.256 e. The molecule has 0 atom stereocenters. The van der Waals surface area contributed by atoms with Gasteiger partial charge in [0, 0.05) is 25.9 Å². The van der Waals surface area contributed by atoms with E-state index in [0.29, 0.717) is 29.4 Å². The third-order valence-corrected chi connectivity index (χ3v) is 4.81. The zero-order chi connectivity index (χ0) is 19.2. The summed E-state index contributed by atoms with van der Waals surface area (Å²) in [4.78, 5) is 16.7. The lowest BCUT2D eigenvalue weighted by molar-refractivity contribution is 0.0951. The minimum Gasteiger partial charge on any atom is -0.497 e. The van der Waals surface area contributed by atoms with Crippen molar-refractivity contribution in [2.45, 2.75) is 13.5 Å². The summed E-state index contributed by atoms with van der Waals surface area (Å²) in [5.41, 5.74) is 2.16. The van der Waals surface area contributed by atoms with Gasteiger partial charge in [-0.05, 0) is 48.3 Å². The normalized spacial score (nSPS) is 10.3. The summed E-state index contributed by atoms with van der Waals surface area (Å²) < 4.78 is 15.0. The summed E-state index contributed by atoms with van der Waals surface area (Å²) in [6.45, 7) is 2.19. The topological polar surface area (TPSA) is 85.4 Å². The Hall–Kier alpha value is -3.13. The van der Waals surface area contributed by atoms with E-state index in [4.69, 9.17) is 9.47 Å². The number of benzene rings is 1. The van der Waals surface area contributed by atoms with Crippen LogP contribution in [0.1, 0.15) is 21.6 Å². The number of methoxy groups -OCH3 is 1. The summed E-state index contributed by atoms with van der Waals surface area (Å²) in [6.07, 6.45) is 1.68. The first-order valence-corrected chi connectivity index (χ1v) is 9.07. The van der Waals surface area contributed by atoms with Crippen molar-refractivity contribution in [1.29, 1.82) is 0 Å². The number of nitrogens with one attached hydrogen (secondary N) is 2. The number of pyridine rings is 1. The fourth-order valence-electron chi connectivity index (χ4n) is 2.42. The van der Waals surface area contributed by atoms with Crippen LogP contribution in [-0.4, -0.2) is 29.4 Å². The number of ether oxygens (including phenoxy) is 2. The molecule has 0 saturated heterocycles. The number of aryl methyl sites for hydroxylation is 1. The second-order valence-electron chi connectivity index (χ2n) is 5.69. The summed E-state index contributed by atoms with van der Waals surface area (Å²) in [5, 5.41) is 6.64. The average molecular weight is 384 g/mol. The van der Waals surface area contributed by atoms with Gasteiger partial charge in [0.25, 0.3) is 5.91 Å². The van der Waals surface area contributed by atoms with E-state index in [0.717, 1.165) is 16.3 Å². The number of hydrogen-bond acceptors (Lipinski definition) is 7. The molecule has 2 heterocycles. The van der Waals surface area contributed by atoms with Gasteiger partial charge in [-0.25, -0.2) is 4.98 Å². The highest BCUT2D eigenvalue weighted by molar-refractivity contribution is 7.10. The lowest BCUT2D eigenvalue weighted by Crippen LogP contribution is -2.23. The van der Waals surface area contributed by atoms with Gasteiger partial charge in [0.1, 0.15) is 16.5 Å². The molecular formula is C19H20N4O3S. The van der Waals surface area contributed by atoms with E-state index in [9.17, 15) is 4.79 Å². The molecule has 8 heteroatoms. The fourth-order valence-corrected chi connectivity index (χ4v) is 3.16. The van der Waals surface area contributed by atoms with Crippen LogP contribution in [0.4, 0.5) is 5.00 Å². The fraction of sp³-hybridized carbons (Fsp3) is 0.211. The van der Waals surface area contributed by atoms with Crippen molar-refractivity contribution in [2.24, 2.45) is 0 Å². The van der Waals surface area contributed by atoms with Gasteiger partial charge < -0.3 is 20.1 Å². The lowest BCUT2D eigenvalue weighted by Gasteiger charge is -2.08. The van der Waals surface area contributed by atoms with Crippen molar-refractivity contribution in [2.75, 3.05) is 19.5 Å². The molecular weight excluding hydrogens is 364 g/mol. The molecule has 3 aromatic rings. The monoisotopic (exact) mass is 384 g/mol. The SMILES string of the molecule is CNc1snc(C)c1C(=O)NCc1ccc(Oc2ccc(OC)cc2)nc1. The quantitative estimate of drug-likeness (QED) is 0.647. The van der Waals surface area contributed by atoms with Gasteiger partial charge in [-0.3, -0.25) is 4.79 Å². The molecule has 0 unspecified atom stereocenters. The van der Waals surface area contributed by atoms with E-state index in [1.807, 2.05) is 37.3 Å². The molecule has 1 amide bonds. The molecule has 2 aromatic heterocycles. The number of nitrogens with zero attached hydrogens (tertiary/aromatic N) is 2. The van der Waals surface area contributed by atoms with Crippen molar-refractivity contribution < 1.29 is 14.3 Å². The van der Waals surface area contributed by atoms with Gasteiger partial charge in [-0.2, -0.15) is 4.37 Å². The van der Waals surface area contributed by atoms with Gasteiger partial charge in [0.05, 0.1) is 18.4 Å². The number of aromatic nitrogens is 2. The number of anilines is 1. The predicted octanol–water partition coefficient (Wildman–Crippen LogP) is 3.62. The molecule has 0 saturated carbocycles. The summed E-state index contributed by atoms with van der Waals surface area (Å²) >= 11 is 1.27. The van der Waals surface area contributed by atoms with Crippen molar-refractivity contribution in [1.82, 2.24) is 14.7 Å². The number of carbonyl (C=O) groups excluding carboxylic acids is 1. The first-order chi connectivity index (χ1) is 13.1. The average Bonchev–Trinajstić information content (AvgIpc) is 3.08. The highest BCUT2D eigenvalue weighted by Gasteiger charge is 2.17. The molecule has 7 nitrogen and oxygen atoms in total. The molecule has 0 aliphatic carbocycles. The van der Waals surface area contributed by atoms with Crippen LogP contribution in [0.3, 0.4) is 0 Å². The number of carbonyl (C=O) groups is 1. The molecule has 0 spiro atoms. The molecule has 0 fully saturated rings. The summed E-state index contributed by atoms with van der Waals surface area (Å²) in [5.74, 6) is 1.75. The van der Waals surface area contributed by atoms with Crippen LogP contribution in [0.2, 0.25) is 0 Å². The van der Waals surface area contributed by atoms with Crippen LogP contribution >= 0.6 is 11.5 Å². The third-order valence-electron chi connectivity index (χ3n) is 3.85. The maximum absolute atomic E-state index is 12.4. The molecule has 140 valence electrons. The Morgan fingerprint density at radius 1 is 1.15 bits per heavy atom. The van der Waals surface area contributed by atoms with E-state index >= 15 is 0 Å².